The molecule has 1 N–H and O–H groups in total. The third kappa shape index (κ3) is 3.26. The van der Waals surface area contributed by atoms with Crippen LogP contribution in [-0.2, 0) is 4.79 Å². The van der Waals surface area contributed by atoms with Gasteiger partial charge in [-0.25, -0.2) is 0 Å². The van der Waals surface area contributed by atoms with E-state index in [-0.39, 0.29) is 6.42 Å². The molecule has 0 bridgehead atoms. The van der Waals surface area contributed by atoms with Gasteiger partial charge in [0.25, 0.3) is 0 Å². The van der Waals surface area contributed by atoms with Crippen LogP contribution < -0.4 is 4.90 Å². The van der Waals surface area contributed by atoms with Gasteiger partial charge < -0.3 is 10.0 Å². The minimum absolute atomic E-state index is 0.210. The van der Waals surface area contributed by atoms with Gasteiger partial charge in [-0.15, -0.1) is 0 Å². The Morgan fingerprint density at radius 3 is 2.56 bits per heavy atom. The normalized spacial score (nSPS) is 14.8. The average molecular weight is 219 g/mol. The van der Waals surface area contributed by atoms with Crippen molar-refractivity contribution < 1.29 is 9.90 Å². The Kier molecular flexibility index (Phi) is 3.44. The maximum Gasteiger partial charge on any atom is 0.305 e. The molecule has 3 nitrogen and oxygen atoms in total. The fourth-order valence-corrected chi connectivity index (χ4v) is 1.81. The minimum Gasteiger partial charge on any atom is -0.481 e. The summed E-state index contributed by atoms with van der Waals surface area (Å²) < 4.78 is 0. The van der Waals surface area contributed by atoms with E-state index in [1.54, 1.807) is 0 Å². The fourth-order valence-electron chi connectivity index (χ4n) is 1.81. The Labute approximate surface area is 95.7 Å². The molecule has 0 unspecified atom stereocenters. The Hall–Kier alpha value is -1.51. The molecule has 0 atom stereocenters. The number of benzene rings is 1. The number of rotatable bonds is 6. The smallest absolute Gasteiger partial charge is 0.305 e. The second-order valence-electron chi connectivity index (χ2n) is 4.37. The van der Waals surface area contributed by atoms with Crippen LogP contribution in [0.25, 0.3) is 0 Å². The molecular weight excluding hydrogens is 202 g/mol. The van der Waals surface area contributed by atoms with E-state index in [0.717, 1.165) is 18.2 Å². The molecule has 0 aromatic heterocycles. The lowest BCUT2D eigenvalue weighted by Crippen LogP contribution is -2.28. The van der Waals surface area contributed by atoms with Crippen molar-refractivity contribution in [2.24, 2.45) is 5.92 Å². The van der Waals surface area contributed by atoms with E-state index in [9.17, 15) is 4.79 Å². The molecular formula is C13H17NO2. The Balaban J connectivity index is 1.98. The highest BCUT2D eigenvalue weighted by atomic mass is 16.4. The zero-order chi connectivity index (χ0) is 11.4. The molecule has 16 heavy (non-hydrogen) atoms. The van der Waals surface area contributed by atoms with Gasteiger partial charge in [-0.1, -0.05) is 18.2 Å². The van der Waals surface area contributed by atoms with Gasteiger partial charge in [0.2, 0.25) is 0 Å². The van der Waals surface area contributed by atoms with Crippen molar-refractivity contribution in [3.8, 4) is 0 Å². The largest absolute Gasteiger partial charge is 0.481 e. The van der Waals surface area contributed by atoms with Crippen molar-refractivity contribution in [2.45, 2.75) is 19.3 Å². The lowest BCUT2D eigenvalue weighted by atomic mass is 10.2. The number of hydrogen-bond acceptors (Lipinski definition) is 2. The number of carboxylic acid groups (broad SMARTS) is 1. The zero-order valence-electron chi connectivity index (χ0n) is 9.30. The summed E-state index contributed by atoms with van der Waals surface area (Å²) in [6.07, 6.45) is 2.79. The third-order valence-corrected chi connectivity index (χ3v) is 2.89. The molecule has 86 valence electrons. The Morgan fingerprint density at radius 2 is 2.00 bits per heavy atom. The summed E-state index contributed by atoms with van der Waals surface area (Å²) in [6.45, 7) is 1.60. The summed E-state index contributed by atoms with van der Waals surface area (Å²) in [6, 6.07) is 10.1. The van der Waals surface area contributed by atoms with Gasteiger partial charge >= 0.3 is 5.97 Å². The molecule has 1 aromatic carbocycles. The molecule has 0 radical (unpaired) electrons. The number of hydrogen-bond donors (Lipinski definition) is 1. The fraction of sp³-hybridized carbons (Fsp3) is 0.462. The summed E-state index contributed by atoms with van der Waals surface area (Å²) in [5.41, 5.74) is 1.13. The van der Waals surface area contributed by atoms with E-state index in [0.29, 0.717) is 6.54 Å². The lowest BCUT2D eigenvalue weighted by molar-refractivity contribution is -0.136. The second kappa shape index (κ2) is 5.01. The molecule has 1 saturated carbocycles. The number of carbonyl (C=O) groups is 1. The maximum absolute atomic E-state index is 10.6. The Bertz CT molecular complexity index is 346. The molecule has 0 spiro atoms. The van der Waals surface area contributed by atoms with E-state index in [1.165, 1.54) is 12.8 Å². The highest BCUT2D eigenvalue weighted by molar-refractivity contribution is 5.67. The summed E-state index contributed by atoms with van der Waals surface area (Å²) in [5, 5.41) is 8.73. The lowest BCUT2D eigenvalue weighted by Gasteiger charge is -2.24. The molecule has 1 aliphatic rings. The average Bonchev–Trinajstić information content (AvgIpc) is 3.09. The molecule has 0 heterocycles. The first-order chi connectivity index (χ1) is 7.75. The van der Waals surface area contributed by atoms with E-state index in [2.05, 4.69) is 4.90 Å². The summed E-state index contributed by atoms with van der Waals surface area (Å²) >= 11 is 0. The predicted molar refractivity (Wildman–Crippen MR) is 63.6 cm³/mol. The van der Waals surface area contributed by atoms with Gasteiger partial charge in [0, 0.05) is 18.8 Å². The van der Waals surface area contributed by atoms with Crippen LogP contribution in [0.3, 0.4) is 0 Å². The Morgan fingerprint density at radius 1 is 1.31 bits per heavy atom. The van der Waals surface area contributed by atoms with Crippen molar-refractivity contribution in [1.82, 2.24) is 0 Å². The standard InChI is InChI=1S/C13H17NO2/c15-13(16)8-9-14(10-11-6-7-11)12-4-2-1-3-5-12/h1-5,11H,6-10H2,(H,15,16). The number of para-hydroxylation sites is 1. The number of aliphatic carboxylic acids is 1. The van der Waals surface area contributed by atoms with Crippen LogP contribution in [0, 0.1) is 5.92 Å². The van der Waals surface area contributed by atoms with Crippen molar-refractivity contribution in [3.63, 3.8) is 0 Å². The second-order valence-corrected chi connectivity index (χ2v) is 4.37. The van der Waals surface area contributed by atoms with Crippen LogP contribution in [0.2, 0.25) is 0 Å². The van der Waals surface area contributed by atoms with Crippen molar-refractivity contribution in [1.29, 1.82) is 0 Å². The van der Waals surface area contributed by atoms with Crippen LogP contribution in [0.1, 0.15) is 19.3 Å². The molecule has 1 aromatic rings. The van der Waals surface area contributed by atoms with E-state index in [1.807, 2.05) is 30.3 Å². The summed E-state index contributed by atoms with van der Waals surface area (Å²) in [5.74, 6) is 0.0470. The van der Waals surface area contributed by atoms with Crippen LogP contribution >= 0.6 is 0 Å². The highest BCUT2D eigenvalue weighted by Gasteiger charge is 2.24. The van der Waals surface area contributed by atoms with Crippen molar-refractivity contribution in [2.75, 3.05) is 18.0 Å². The van der Waals surface area contributed by atoms with E-state index < -0.39 is 5.97 Å². The van der Waals surface area contributed by atoms with Crippen molar-refractivity contribution >= 4 is 11.7 Å². The van der Waals surface area contributed by atoms with Gasteiger partial charge in [0.1, 0.15) is 0 Å². The molecule has 1 aliphatic carbocycles. The molecule has 0 saturated heterocycles. The van der Waals surface area contributed by atoms with Gasteiger partial charge in [0.05, 0.1) is 6.42 Å². The first-order valence-corrected chi connectivity index (χ1v) is 5.77. The zero-order valence-corrected chi connectivity index (χ0v) is 9.30. The number of nitrogens with zero attached hydrogens (tertiary/aromatic N) is 1. The van der Waals surface area contributed by atoms with Gasteiger partial charge in [-0.3, -0.25) is 4.79 Å². The maximum atomic E-state index is 10.6. The molecule has 3 heteroatoms. The van der Waals surface area contributed by atoms with E-state index >= 15 is 0 Å². The van der Waals surface area contributed by atoms with Gasteiger partial charge in [0.15, 0.2) is 0 Å². The molecule has 1 fully saturated rings. The van der Waals surface area contributed by atoms with Crippen molar-refractivity contribution in [3.05, 3.63) is 30.3 Å². The van der Waals surface area contributed by atoms with Crippen LogP contribution in [0.15, 0.2) is 30.3 Å². The molecule has 0 aliphatic heterocycles. The van der Waals surface area contributed by atoms with Gasteiger partial charge in [-0.05, 0) is 30.9 Å². The monoisotopic (exact) mass is 219 g/mol. The summed E-state index contributed by atoms with van der Waals surface area (Å²) in [7, 11) is 0. The molecule has 2 rings (SSSR count). The first kappa shape index (κ1) is 11.0. The van der Waals surface area contributed by atoms with Gasteiger partial charge in [-0.2, -0.15) is 0 Å². The third-order valence-electron chi connectivity index (χ3n) is 2.89. The van der Waals surface area contributed by atoms with Crippen LogP contribution in [0.5, 0.6) is 0 Å². The minimum atomic E-state index is -0.725. The number of anilines is 1. The predicted octanol–water partition coefficient (Wildman–Crippen LogP) is 2.38. The summed E-state index contributed by atoms with van der Waals surface area (Å²) in [4.78, 5) is 12.8. The SMILES string of the molecule is O=C(O)CCN(CC1CC1)c1ccccc1. The highest BCUT2D eigenvalue weighted by Crippen LogP contribution is 2.31. The first-order valence-electron chi connectivity index (χ1n) is 5.77. The topological polar surface area (TPSA) is 40.5 Å². The van der Waals surface area contributed by atoms with Crippen LogP contribution in [0.4, 0.5) is 5.69 Å². The number of carboxylic acids is 1. The van der Waals surface area contributed by atoms with Crippen LogP contribution in [-0.4, -0.2) is 24.2 Å². The van der Waals surface area contributed by atoms with E-state index in [4.69, 9.17) is 5.11 Å². The quantitative estimate of drug-likeness (QED) is 0.798. The molecule has 0 amide bonds.